The Hall–Kier alpha value is -1.79. The molecule has 0 saturated carbocycles. The van der Waals surface area contributed by atoms with Gasteiger partial charge in [-0.25, -0.2) is 4.79 Å². The maximum absolute atomic E-state index is 11.6. The molecule has 0 fully saturated rings. The first-order valence-corrected chi connectivity index (χ1v) is 6.04. The number of urea groups is 1. The average Bonchev–Trinajstić information content (AvgIpc) is 2.23. The molecule has 110 valence electrons. The minimum absolute atomic E-state index is 0.172. The van der Waals surface area contributed by atoms with Crippen molar-refractivity contribution in [2.24, 2.45) is 5.41 Å². The molecule has 0 bridgehead atoms. The molecule has 4 N–H and O–H groups in total. The van der Waals surface area contributed by atoms with Crippen LogP contribution in [0.5, 0.6) is 0 Å². The van der Waals surface area contributed by atoms with Crippen LogP contribution in [-0.2, 0) is 9.59 Å². The van der Waals surface area contributed by atoms with Gasteiger partial charge in [0.1, 0.15) is 0 Å². The van der Waals surface area contributed by atoms with E-state index in [0.29, 0.717) is 6.54 Å². The average molecular weight is 273 g/mol. The minimum Gasteiger partial charge on any atom is -0.481 e. The number of hydrogen-bond acceptors (Lipinski definition) is 3. The SMILES string of the molecule is CC(=O)NCCNC(=O)NC(C)(C)C(C)(C)C(=O)O. The monoisotopic (exact) mass is 273 g/mol. The zero-order valence-electron chi connectivity index (χ0n) is 12.1. The maximum Gasteiger partial charge on any atom is 0.315 e. The lowest BCUT2D eigenvalue weighted by Crippen LogP contribution is -2.59. The zero-order chi connectivity index (χ0) is 15.3. The van der Waals surface area contributed by atoms with E-state index < -0.39 is 23.0 Å². The second kappa shape index (κ2) is 6.40. The molecule has 0 aromatic heterocycles. The van der Waals surface area contributed by atoms with Gasteiger partial charge in [-0.2, -0.15) is 0 Å². The maximum atomic E-state index is 11.6. The second-order valence-electron chi connectivity index (χ2n) is 5.42. The molecule has 7 nitrogen and oxygen atoms in total. The number of carboxylic acid groups (broad SMARTS) is 1. The van der Waals surface area contributed by atoms with Crippen LogP contribution in [0.4, 0.5) is 4.79 Å². The third kappa shape index (κ3) is 5.15. The largest absolute Gasteiger partial charge is 0.481 e. The lowest BCUT2D eigenvalue weighted by Gasteiger charge is -2.38. The van der Waals surface area contributed by atoms with Gasteiger partial charge in [-0.1, -0.05) is 0 Å². The highest BCUT2D eigenvalue weighted by Gasteiger charge is 2.44. The molecule has 0 aliphatic heterocycles. The molecule has 0 heterocycles. The molecule has 0 aromatic carbocycles. The first-order chi connectivity index (χ1) is 8.50. The van der Waals surface area contributed by atoms with Crippen molar-refractivity contribution in [3.63, 3.8) is 0 Å². The molecule has 0 spiro atoms. The highest BCUT2D eigenvalue weighted by Crippen LogP contribution is 2.30. The van der Waals surface area contributed by atoms with Gasteiger partial charge in [-0.05, 0) is 27.7 Å². The highest BCUT2D eigenvalue weighted by atomic mass is 16.4. The number of carboxylic acids is 1. The van der Waals surface area contributed by atoms with Crippen LogP contribution in [0.25, 0.3) is 0 Å². The summed E-state index contributed by atoms with van der Waals surface area (Å²) in [5.74, 6) is -1.16. The van der Waals surface area contributed by atoms with Gasteiger partial charge in [0.25, 0.3) is 0 Å². The smallest absolute Gasteiger partial charge is 0.315 e. The van der Waals surface area contributed by atoms with Gasteiger partial charge in [-0.15, -0.1) is 0 Å². The van der Waals surface area contributed by atoms with Crippen LogP contribution in [0.15, 0.2) is 0 Å². The van der Waals surface area contributed by atoms with Crippen LogP contribution in [0, 0.1) is 5.41 Å². The summed E-state index contributed by atoms with van der Waals surface area (Å²) in [5.41, 5.74) is -2.03. The Bertz CT molecular complexity index is 364. The van der Waals surface area contributed by atoms with Crippen molar-refractivity contribution in [2.75, 3.05) is 13.1 Å². The summed E-state index contributed by atoms with van der Waals surface area (Å²) < 4.78 is 0. The number of rotatable bonds is 6. The Morgan fingerprint density at radius 3 is 1.89 bits per heavy atom. The number of amides is 3. The molecule has 0 aliphatic carbocycles. The number of carbonyl (C=O) groups is 3. The van der Waals surface area contributed by atoms with E-state index in [4.69, 9.17) is 5.11 Å². The fourth-order valence-corrected chi connectivity index (χ4v) is 1.17. The quantitative estimate of drug-likeness (QED) is 0.522. The van der Waals surface area contributed by atoms with E-state index in [1.165, 1.54) is 6.92 Å². The van der Waals surface area contributed by atoms with E-state index in [1.807, 2.05) is 0 Å². The Morgan fingerprint density at radius 2 is 1.47 bits per heavy atom. The number of carbonyl (C=O) groups excluding carboxylic acids is 2. The third-order valence-corrected chi connectivity index (χ3v) is 3.31. The predicted octanol–water partition coefficient (Wildman–Crippen LogP) is 0.311. The molecule has 0 unspecified atom stereocenters. The Labute approximate surface area is 113 Å². The van der Waals surface area contributed by atoms with Crippen molar-refractivity contribution in [3.05, 3.63) is 0 Å². The highest BCUT2D eigenvalue weighted by molar-refractivity contribution is 5.79. The van der Waals surface area contributed by atoms with E-state index in [1.54, 1.807) is 27.7 Å². The third-order valence-electron chi connectivity index (χ3n) is 3.31. The van der Waals surface area contributed by atoms with E-state index in [-0.39, 0.29) is 12.5 Å². The molecular formula is C12H23N3O4. The van der Waals surface area contributed by atoms with Crippen molar-refractivity contribution in [1.82, 2.24) is 16.0 Å². The number of hydrogen-bond donors (Lipinski definition) is 4. The fraction of sp³-hybridized carbons (Fsp3) is 0.750. The zero-order valence-corrected chi connectivity index (χ0v) is 12.1. The van der Waals surface area contributed by atoms with Crippen LogP contribution in [0.1, 0.15) is 34.6 Å². The van der Waals surface area contributed by atoms with Crippen molar-refractivity contribution in [3.8, 4) is 0 Å². The lowest BCUT2D eigenvalue weighted by atomic mass is 9.74. The summed E-state index contributed by atoms with van der Waals surface area (Å²) in [6, 6.07) is -0.468. The minimum atomic E-state index is -1.11. The summed E-state index contributed by atoms with van der Waals surface area (Å²) in [7, 11) is 0. The molecule has 0 atom stereocenters. The van der Waals surface area contributed by atoms with Crippen molar-refractivity contribution < 1.29 is 19.5 Å². The summed E-state index contributed by atoms with van der Waals surface area (Å²) >= 11 is 0. The van der Waals surface area contributed by atoms with Crippen LogP contribution in [0.2, 0.25) is 0 Å². The normalized spacial score (nSPS) is 11.6. The molecule has 0 saturated heterocycles. The summed E-state index contributed by atoms with van der Waals surface area (Å²) in [5, 5.41) is 16.9. The first kappa shape index (κ1) is 17.2. The molecule has 0 aromatic rings. The Kier molecular flexibility index (Phi) is 5.80. The van der Waals surface area contributed by atoms with Crippen LogP contribution >= 0.6 is 0 Å². The lowest BCUT2D eigenvalue weighted by molar-refractivity contribution is -0.150. The van der Waals surface area contributed by atoms with Crippen LogP contribution < -0.4 is 16.0 Å². The van der Waals surface area contributed by atoms with E-state index in [0.717, 1.165) is 0 Å². The standard InChI is InChI=1S/C12H23N3O4/c1-8(16)13-6-7-14-10(19)15-12(4,5)11(2,3)9(17)18/h6-7H2,1-5H3,(H,13,16)(H,17,18)(H2,14,15,19). The molecular weight excluding hydrogens is 250 g/mol. The number of aliphatic carboxylic acids is 1. The van der Waals surface area contributed by atoms with Crippen molar-refractivity contribution in [1.29, 1.82) is 0 Å². The van der Waals surface area contributed by atoms with Crippen molar-refractivity contribution in [2.45, 2.75) is 40.2 Å². The summed E-state index contributed by atoms with van der Waals surface area (Å²) in [4.78, 5) is 33.4. The Balaban J connectivity index is 4.32. The van der Waals surface area contributed by atoms with Gasteiger partial charge in [0.05, 0.1) is 11.0 Å². The van der Waals surface area contributed by atoms with Gasteiger partial charge < -0.3 is 21.1 Å². The molecule has 19 heavy (non-hydrogen) atoms. The van der Waals surface area contributed by atoms with E-state index in [2.05, 4.69) is 16.0 Å². The molecule has 0 rings (SSSR count). The predicted molar refractivity (Wildman–Crippen MR) is 70.7 cm³/mol. The van der Waals surface area contributed by atoms with Gasteiger partial charge in [0.2, 0.25) is 5.91 Å². The molecule has 0 radical (unpaired) electrons. The van der Waals surface area contributed by atoms with Gasteiger partial charge in [0, 0.05) is 20.0 Å². The van der Waals surface area contributed by atoms with Gasteiger partial charge in [-0.3, -0.25) is 9.59 Å². The first-order valence-electron chi connectivity index (χ1n) is 6.04. The number of nitrogens with one attached hydrogen (secondary N) is 3. The van der Waals surface area contributed by atoms with E-state index in [9.17, 15) is 14.4 Å². The fourth-order valence-electron chi connectivity index (χ4n) is 1.17. The topological polar surface area (TPSA) is 108 Å². The second-order valence-corrected chi connectivity index (χ2v) is 5.42. The van der Waals surface area contributed by atoms with Crippen LogP contribution in [0.3, 0.4) is 0 Å². The van der Waals surface area contributed by atoms with Gasteiger partial charge >= 0.3 is 12.0 Å². The molecule has 7 heteroatoms. The summed E-state index contributed by atoms with van der Waals surface area (Å²) in [6.45, 7) is 8.38. The van der Waals surface area contributed by atoms with Crippen LogP contribution in [-0.4, -0.2) is 41.6 Å². The summed E-state index contributed by atoms with van der Waals surface area (Å²) in [6.07, 6.45) is 0. The van der Waals surface area contributed by atoms with Gasteiger partial charge in [0.15, 0.2) is 0 Å². The van der Waals surface area contributed by atoms with Crippen molar-refractivity contribution >= 4 is 17.9 Å². The van der Waals surface area contributed by atoms with E-state index >= 15 is 0 Å². The Morgan fingerprint density at radius 1 is 1.00 bits per heavy atom. The molecule has 3 amide bonds. The molecule has 0 aliphatic rings.